The molecule has 0 spiro atoms. The summed E-state index contributed by atoms with van der Waals surface area (Å²) in [6, 6.07) is 3.03. The van der Waals surface area contributed by atoms with Gasteiger partial charge in [0, 0.05) is 12.6 Å². The molecule has 0 aliphatic heterocycles. The second-order valence-electron chi connectivity index (χ2n) is 5.16. The van der Waals surface area contributed by atoms with Crippen molar-refractivity contribution in [1.82, 2.24) is 5.32 Å². The average molecular weight is 275 g/mol. The van der Waals surface area contributed by atoms with Gasteiger partial charge in [-0.2, -0.15) is 13.2 Å². The molecule has 1 aliphatic carbocycles. The van der Waals surface area contributed by atoms with E-state index >= 15 is 0 Å². The number of rotatable bonds is 4. The fourth-order valence-electron chi connectivity index (χ4n) is 2.34. The lowest BCUT2D eigenvalue weighted by Crippen LogP contribution is -2.37. The lowest BCUT2D eigenvalue weighted by Gasteiger charge is -2.32. The van der Waals surface area contributed by atoms with Crippen molar-refractivity contribution in [3.63, 3.8) is 0 Å². The highest BCUT2D eigenvalue weighted by Crippen LogP contribution is 2.33. The van der Waals surface area contributed by atoms with Crippen LogP contribution in [0.4, 0.5) is 17.6 Å². The zero-order chi connectivity index (χ0) is 14.0. The molecule has 1 saturated carbocycles. The summed E-state index contributed by atoms with van der Waals surface area (Å²) in [5.74, 6) is -0.307. The van der Waals surface area contributed by atoms with Gasteiger partial charge >= 0.3 is 6.18 Å². The van der Waals surface area contributed by atoms with Crippen molar-refractivity contribution in [2.75, 3.05) is 0 Å². The van der Waals surface area contributed by atoms with Crippen LogP contribution >= 0.6 is 0 Å². The summed E-state index contributed by atoms with van der Waals surface area (Å²) >= 11 is 0. The molecule has 1 N–H and O–H groups in total. The van der Waals surface area contributed by atoms with Crippen molar-refractivity contribution in [2.45, 2.75) is 44.9 Å². The van der Waals surface area contributed by atoms with E-state index in [0.29, 0.717) is 12.0 Å². The third kappa shape index (κ3) is 3.47. The minimum Gasteiger partial charge on any atom is -0.310 e. The Hall–Kier alpha value is -1.10. The Balaban J connectivity index is 2.06. The predicted molar refractivity (Wildman–Crippen MR) is 65.0 cm³/mol. The zero-order valence-electron chi connectivity index (χ0n) is 10.7. The molecule has 1 unspecified atom stereocenters. The third-order valence-electron chi connectivity index (χ3n) is 3.85. The Morgan fingerprint density at radius 2 is 2.00 bits per heavy atom. The van der Waals surface area contributed by atoms with Crippen molar-refractivity contribution in [3.8, 4) is 0 Å². The van der Waals surface area contributed by atoms with Crippen LogP contribution in [0.25, 0.3) is 0 Å². The van der Waals surface area contributed by atoms with Gasteiger partial charge in [-0.15, -0.1) is 0 Å². The summed E-state index contributed by atoms with van der Waals surface area (Å²) in [6.45, 7) is 2.10. The highest BCUT2D eigenvalue weighted by Gasteiger charge is 2.34. The largest absolute Gasteiger partial charge is 0.416 e. The van der Waals surface area contributed by atoms with Crippen LogP contribution in [0, 0.1) is 11.7 Å². The number of benzene rings is 1. The Labute approximate surface area is 110 Å². The molecular formula is C14H17F4N. The quantitative estimate of drug-likeness (QED) is 0.815. The van der Waals surface area contributed by atoms with Crippen molar-refractivity contribution in [3.05, 3.63) is 35.1 Å². The molecule has 0 radical (unpaired) electrons. The van der Waals surface area contributed by atoms with Crippen LogP contribution < -0.4 is 5.32 Å². The Bertz CT molecular complexity index is 438. The number of hydrogen-bond acceptors (Lipinski definition) is 1. The maximum atomic E-state index is 12.9. The SMILES string of the molecule is CC(NCc1ccc(F)cc1C(F)(F)F)C1CCC1. The maximum Gasteiger partial charge on any atom is 0.416 e. The molecule has 1 aromatic carbocycles. The molecule has 1 atom stereocenters. The minimum absolute atomic E-state index is 0.0973. The van der Waals surface area contributed by atoms with E-state index in [0.717, 1.165) is 18.9 Å². The summed E-state index contributed by atoms with van der Waals surface area (Å²) < 4.78 is 51.3. The van der Waals surface area contributed by atoms with Gasteiger partial charge in [-0.1, -0.05) is 12.5 Å². The van der Waals surface area contributed by atoms with E-state index in [2.05, 4.69) is 5.32 Å². The number of hydrogen-bond donors (Lipinski definition) is 1. The molecule has 0 saturated heterocycles. The normalized spacial score (nSPS) is 18.2. The third-order valence-corrected chi connectivity index (χ3v) is 3.85. The summed E-state index contributed by atoms with van der Waals surface area (Å²) in [6.07, 6.45) is -1.06. The van der Waals surface area contributed by atoms with E-state index in [9.17, 15) is 17.6 Å². The summed E-state index contributed by atoms with van der Waals surface area (Å²) in [5.41, 5.74) is -0.791. The van der Waals surface area contributed by atoms with Gasteiger partial charge in [-0.3, -0.25) is 0 Å². The molecule has 0 heterocycles. The van der Waals surface area contributed by atoms with E-state index in [-0.39, 0.29) is 18.2 Å². The first-order chi connectivity index (χ1) is 8.88. The smallest absolute Gasteiger partial charge is 0.310 e. The van der Waals surface area contributed by atoms with Gasteiger partial charge in [0.15, 0.2) is 0 Å². The van der Waals surface area contributed by atoms with E-state index in [4.69, 9.17) is 0 Å². The fourth-order valence-corrected chi connectivity index (χ4v) is 2.34. The highest BCUT2D eigenvalue weighted by atomic mass is 19.4. The van der Waals surface area contributed by atoms with Gasteiger partial charge in [0.2, 0.25) is 0 Å². The molecule has 1 nitrogen and oxygen atoms in total. The topological polar surface area (TPSA) is 12.0 Å². The van der Waals surface area contributed by atoms with Gasteiger partial charge in [0.1, 0.15) is 5.82 Å². The van der Waals surface area contributed by atoms with Gasteiger partial charge in [0.25, 0.3) is 0 Å². The lowest BCUT2D eigenvalue weighted by molar-refractivity contribution is -0.138. The fraction of sp³-hybridized carbons (Fsp3) is 0.571. The first-order valence-corrected chi connectivity index (χ1v) is 6.47. The first kappa shape index (κ1) is 14.3. The summed E-state index contributed by atoms with van der Waals surface area (Å²) in [7, 11) is 0. The zero-order valence-corrected chi connectivity index (χ0v) is 10.7. The number of alkyl halides is 3. The van der Waals surface area contributed by atoms with Crippen molar-refractivity contribution in [2.24, 2.45) is 5.92 Å². The molecule has 2 rings (SSSR count). The van der Waals surface area contributed by atoms with Gasteiger partial charge < -0.3 is 5.32 Å². The Morgan fingerprint density at radius 1 is 1.32 bits per heavy atom. The summed E-state index contributed by atoms with van der Waals surface area (Å²) in [4.78, 5) is 0. The minimum atomic E-state index is -4.52. The van der Waals surface area contributed by atoms with Crippen LogP contribution in [0.1, 0.15) is 37.3 Å². The second kappa shape index (κ2) is 5.49. The maximum absolute atomic E-state index is 12.9. The van der Waals surface area contributed by atoms with Crippen LogP contribution in [0.2, 0.25) is 0 Å². The second-order valence-corrected chi connectivity index (χ2v) is 5.16. The summed E-state index contributed by atoms with van der Waals surface area (Å²) in [5, 5.41) is 3.11. The van der Waals surface area contributed by atoms with Crippen LogP contribution in [-0.4, -0.2) is 6.04 Å². The Morgan fingerprint density at radius 3 is 2.53 bits per heavy atom. The predicted octanol–water partition coefficient (Wildman–Crippen LogP) is 4.12. The van der Waals surface area contributed by atoms with E-state index < -0.39 is 17.6 Å². The van der Waals surface area contributed by atoms with Gasteiger partial charge in [-0.05, 0) is 43.4 Å². The van der Waals surface area contributed by atoms with Crippen molar-refractivity contribution in [1.29, 1.82) is 0 Å². The number of halogens is 4. The molecule has 106 valence electrons. The Kier molecular flexibility index (Phi) is 4.13. The molecule has 1 fully saturated rings. The molecule has 1 aliphatic rings. The molecule has 1 aromatic rings. The standard InChI is InChI=1S/C14H17F4N/c1-9(10-3-2-4-10)19-8-11-5-6-12(15)7-13(11)14(16,17)18/h5-7,9-10,19H,2-4,8H2,1H3. The molecule has 5 heteroatoms. The van der Waals surface area contributed by atoms with E-state index in [1.165, 1.54) is 12.5 Å². The molecular weight excluding hydrogens is 258 g/mol. The van der Waals surface area contributed by atoms with Crippen molar-refractivity contribution >= 4 is 0 Å². The number of nitrogens with one attached hydrogen (secondary N) is 1. The van der Waals surface area contributed by atoms with Crippen molar-refractivity contribution < 1.29 is 17.6 Å². The molecule has 19 heavy (non-hydrogen) atoms. The molecule has 0 bridgehead atoms. The van der Waals surface area contributed by atoms with Gasteiger partial charge in [-0.25, -0.2) is 4.39 Å². The lowest BCUT2D eigenvalue weighted by atomic mass is 9.80. The average Bonchev–Trinajstić information content (AvgIpc) is 2.23. The van der Waals surface area contributed by atoms with Crippen LogP contribution in [-0.2, 0) is 12.7 Å². The van der Waals surface area contributed by atoms with Gasteiger partial charge in [0.05, 0.1) is 5.56 Å². The van der Waals surface area contributed by atoms with Crippen LogP contribution in [0.3, 0.4) is 0 Å². The van der Waals surface area contributed by atoms with E-state index in [1.807, 2.05) is 6.92 Å². The highest BCUT2D eigenvalue weighted by molar-refractivity contribution is 5.30. The monoisotopic (exact) mass is 275 g/mol. The molecule has 0 amide bonds. The van der Waals surface area contributed by atoms with E-state index in [1.54, 1.807) is 0 Å². The first-order valence-electron chi connectivity index (χ1n) is 6.47. The van der Waals surface area contributed by atoms with Crippen LogP contribution in [0.5, 0.6) is 0 Å². The molecule has 0 aromatic heterocycles. The van der Waals surface area contributed by atoms with Crippen LogP contribution in [0.15, 0.2) is 18.2 Å².